The highest BCUT2D eigenvalue weighted by atomic mass is 16.2. The van der Waals surface area contributed by atoms with Gasteiger partial charge in [-0.3, -0.25) is 14.4 Å². The maximum Gasteiger partial charge on any atom is 0.251 e. The first-order chi connectivity index (χ1) is 19.3. The lowest BCUT2D eigenvalue weighted by Gasteiger charge is -2.32. The molecule has 12 heteroatoms. The Morgan fingerprint density at radius 3 is 2.25 bits per heavy atom. The number of aromatic nitrogens is 4. The predicted molar refractivity (Wildman–Crippen MR) is 145 cm³/mol. The predicted octanol–water partition coefficient (Wildman–Crippen LogP) is 1.12. The molecule has 2 atom stereocenters. The summed E-state index contributed by atoms with van der Waals surface area (Å²) in [7, 11) is 3.15. The molecule has 0 bridgehead atoms. The fourth-order valence-electron chi connectivity index (χ4n) is 5.98. The molecule has 1 aliphatic carbocycles. The third-order valence-corrected chi connectivity index (χ3v) is 7.89. The van der Waals surface area contributed by atoms with Gasteiger partial charge in [0.2, 0.25) is 5.91 Å². The van der Waals surface area contributed by atoms with E-state index in [4.69, 9.17) is 0 Å². The van der Waals surface area contributed by atoms with Crippen molar-refractivity contribution in [3.8, 4) is 17.2 Å². The maximum absolute atomic E-state index is 12.9. The van der Waals surface area contributed by atoms with E-state index in [1.54, 1.807) is 31.1 Å². The van der Waals surface area contributed by atoms with Gasteiger partial charge in [-0.2, -0.15) is 10.5 Å². The Kier molecular flexibility index (Phi) is 7.32. The third-order valence-electron chi connectivity index (χ3n) is 7.89. The van der Waals surface area contributed by atoms with E-state index in [-0.39, 0.29) is 36.3 Å². The quantitative estimate of drug-likeness (QED) is 0.329. The fourth-order valence-corrected chi connectivity index (χ4v) is 5.98. The molecule has 2 aliphatic rings. The van der Waals surface area contributed by atoms with Crippen LogP contribution in [0.5, 0.6) is 0 Å². The van der Waals surface area contributed by atoms with Crippen LogP contribution >= 0.6 is 0 Å². The van der Waals surface area contributed by atoms with Gasteiger partial charge in [0.1, 0.15) is 6.04 Å². The average Bonchev–Trinajstić information content (AvgIpc) is 3.74. The van der Waals surface area contributed by atoms with E-state index in [0.717, 1.165) is 28.7 Å². The smallest absolute Gasteiger partial charge is 0.251 e. The largest absolute Gasteiger partial charge is 0.355 e. The number of hydrogen-bond donors (Lipinski definition) is 4. The number of benzene rings is 2. The number of nitrogens with zero attached hydrogens (tertiary/aromatic N) is 5. The molecule has 3 amide bonds. The number of likely N-dealkylation sites (tertiary alicyclic amines) is 1. The van der Waals surface area contributed by atoms with Crippen molar-refractivity contribution in [2.75, 3.05) is 27.2 Å². The second kappa shape index (κ2) is 10.9. The van der Waals surface area contributed by atoms with Crippen LogP contribution in [-0.2, 0) is 10.2 Å². The minimum atomic E-state index is -0.877. The standard InChI is InChI=1S/C28H31N9O3/c1-16(32-15-24(38)37-10-4-5-19(37)14-29)13-28(27-33-35-36-34-27)22-8-6-17(25(39)30-2)11-20(22)21-12-18(26(40)31-3)7-9-23(21)28/h6-9,11-12,16,19,32H,4-5,10,13,15H2,1-3H3,(H,30,39)(H,31,40)(H,33,34,35,36)/t16-,19+/m1/s1. The highest BCUT2D eigenvalue weighted by Gasteiger charge is 2.49. The van der Waals surface area contributed by atoms with Crippen LogP contribution < -0.4 is 16.0 Å². The van der Waals surface area contributed by atoms with Crippen molar-refractivity contribution in [1.82, 2.24) is 41.5 Å². The molecule has 4 N–H and O–H groups in total. The highest BCUT2D eigenvalue weighted by molar-refractivity contribution is 5.99. The number of tetrazole rings is 1. The van der Waals surface area contributed by atoms with E-state index in [2.05, 4.69) is 42.6 Å². The van der Waals surface area contributed by atoms with Crippen LogP contribution in [0.3, 0.4) is 0 Å². The minimum absolute atomic E-state index is 0.0899. The molecule has 2 aromatic carbocycles. The Balaban J connectivity index is 1.56. The SMILES string of the molecule is CNC(=O)c1ccc2c(c1)-c1cc(C(=O)NC)ccc1C2(C[C@@H](C)NCC(=O)N1CCC[C@H]1C#N)c1nn[nH]n1. The number of H-pyrrole nitrogens is 1. The lowest BCUT2D eigenvalue weighted by Crippen LogP contribution is -2.45. The summed E-state index contributed by atoms with van der Waals surface area (Å²) in [5, 5.41) is 33.3. The molecule has 0 spiro atoms. The van der Waals surface area contributed by atoms with Crippen molar-refractivity contribution in [1.29, 1.82) is 5.26 Å². The lowest BCUT2D eigenvalue weighted by atomic mass is 9.72. The molecule has 1 aliphatic heterocycles. The topological polar surface area (TPSA) is 169 Å². The molecule has 12 nitrogen and oxygen atoms in total. The van der Waals surface area contributed by atoms with Crippen molar-refractivity contribution in [2.45, 2.75) is 43.7 Å². The van der Waals surface area contributed by atoms with Gasteiger partial charge in [0.05, 0.1) is 18.0 Å². The number of nitrogens with one attached hydrogen (secondary N) is 4. The summed E-state index contributed by atoms with van der Waals surface area (Å²) in [5.41, 5.74) is 3.42. The van der Waals surface area contributed by atoms with Crippen molar-refractivity contribution < 1.29 is 14.4 Å². The van der Waals surface area contributed by atoms with Crippen molar-refractivity contribution in [3.05, 3.63) is 64.5 Å². The van der Waals surface area contributed by atoms with Crippen molar-refractivity contribution in [2.24, 2.45) is 0 Å². The number of rotatable bonds is 8. The number of carbonyl (C=O) groups excluding carboxylic acids is 3. The first-order valence-corrected chi connectivity index (χ1v) is 13.2. The monoisotopic (exact) mass is 541 g/mol. The Hall–Kier alpha value is -4.63. The molecule has 1 saturated heterocycles. The van der Waals surface area contributed by atoms with Crippen LogP contribution in [0.15, 0.2) is 36.4 Å². The molecular formula is C28H31N9O3. The second-order valence-corrected chi connectivity index (χ2v) is 10.2. The summed E-state index contributed by atoms with van der Waals surface area (Å²) < 4.78 is 0. The molecule has 3 aromatic rings. The van der Waals surface area contributed by atoms with Crippen LogP contribution in [0.25, 0.3) is 11.1 Å². The number of hydrogen-bond acceptors (Lipinski definition) is 8. The van der Waals surface area contributed by atoms with Crippen LogP contribution in [-0.4, -0.2) is 82.5 Å². The number of carbonyl (C=O) groups is 3. The van der Waals surface area contributed by atoms with E-state index in [9.17, 15) is 19.6 Å². The molecule has 2 heterocycles. The summed E-state index contributed by atoms with van der Waals surface area (Å²) in [6, 6.07) is 12.6. The first kappa shape index (κ1) is 27.0. The molecule has 40 heavy (non-hydrogen) atoms. The maximum atomic E-state index is 12.9. The normalized spacial score (nSPS) is 17.4. The minimum Gasteiger partial charge on any atom is -0.355 e. The highest BCUT2D eigenvalue weighted by Crippen LogP contribution is 2.54. The molecule has 5 rings (SSSR count). The van der Waals surface area contributed by atoms with E-state index in [0.29, 0.717) is 36.3 Å². The fraction of sp³-hybridized carbons (Fsp3) is 0.393. The number of fused-ring (bicyclic) bond motifs is 3. The van der Waals surface area contributed by atoms with Crippen molar-refractivity contribution in [3.63, 3.8) is 0 Å². The van der Waals surface area contributed by atoms with Crippen LogP contribution in [0.2, 0.25) is 0 Å². The molecule has 1 fully saturated rings. The van der Waals surface area contributed by atoms with Gasteiger partial charge in [0.25, 0.3) is 11.8 Å². The summed E-state index contributed by atoms with van der Waals surface area (Å²) >= 11 is 0. The zero-order chi connectivity index (χ0) is 28.4. The third kappa shape index (κ3) is 4.48. The molecule has 1 aromatic heterocycles. The Bertz CT molecular complexity index is 1430. The van der Waals surface area contributed by atoms with Gasteiger partial charge in [-0.1, -0.05) is 17.3 Å². The van der Waals surface area contributed by atoms with Gasteiger partial charge in [-0.05, 0) is 72.7 Å². The van der Waals surface area contributed by atoms with Crippen LogP contribution in [0.4, 0.5) is 0 Å². The summed E-state index contributed by atoms with van der Waals surface area (Å²) in [6.07, 6.45) is 1.98. The second-order valence-electron chi connectivity index (χ2n) is 10.2. The van der Waals surface area contributed by atoms with Gasteiger partial charge in [0, 0.05) is 37.8 Å². The van der Waals surface area contributed by atoms with E-state index < -0.39 is 5.41 Å². The molecular weight excluding hydrogens is 510 g/mol. The summed E-state index contributed by atoms with van der Waals surface area (Å²) in [6.45, 7) is 2.66. The van der Waals surface area contributed by atoms with E-state index in [1.807, 2.05) is 31.2 Å². The van der Waals surface area contributed by atoms with Crippen LogP contribution in [0.1, 0.15) is 63.9 Å². The van der Waals surface area contributed by atoms with Crippen molar-refractivity contribution >= 4 is 17.7 Å². The van der Waals surface area contributed by atoms with Gasteiger partial charge in [-0.15, -0.1) is 10.2 Å². The number of aromatic amines is 1. The van der Waals surface area contributed by atoms with Gasteiger partial charge >= 0.3 is 0 Å². The zero-order valence-electron chi connectivity index (χ0n) is 22.6. The first-order valence-electron chi connectivity index (χ1n) is 13.2. The Morgan fingerprint density at radius 1 is 1.10 bits per heavy atom. The van der Waals surface area contributed by atoms with Gasteiger partial charge in [0.15, 0.2) is 5.82 Å². The van der Waals surface area contributed by atoms with Gasteiger partial charge < -0.3 is 20.9 Å². The lowest BCUT2D eigenvalue weighted by molar-refractivity contribution is -0.130. The molecule has 0 unspecified atom stereocenters. The number of nitriles is 1. The number of amides is 3. The molecule has 0 saturated carbocycles. The summed E-state index contributed by atoms with van der Waals surface area (Å²) in [4.78, 5) is 39.6. The van der Waals surface area contributed by atoms with Crippen LogP contribution in [0, 0.1) is 11.3 Å². The molecule has 206 valence electrons. The zero-order valence-corrected chi connectivity index (χ0v) is 22.6. The van der Waals surface area contributed by atoms with E-state index in [1.165, 1.54) is 0 Å². The Morgan fingerprint density at radius 2 is 1.73 bits per heavy atom. The van der Waals surface area contributed by atoms with E-state index >= 15 is 0 Å². The summed E-state index contributed by atoms with van der Waals surface area (Å²) in [5.74, 6) is -0.121. The molecule has 0 radical (unpaired) electrons. The van der Waals surface area contributed by atoms with Gasteiger partial charge in [-0.25, -0.2) is 0 Å². The average molecular weight is 542 g/mol. The Labute approximate surface area is 231 Å².